The van der Waals surface area contributed by atoms with Gasteiger partial charge in [0.05, 0.1) is 18.8 Å². The van der Waals surface area contributed by atoms with Gasteiger partial charge in [-0.3, -0.25) is 0 Å². The number of hydrogen-bond acceptors (Lipinski definition) is 4. The summed E-state index contributed by atoms with van der Waals surface area (Å²) in [5, 5.41) is 18.9. The number of methoxy groups -OCH3 is 1. The zero-order chi connectivity index (χ0) is 9.56. The molecule has 0 atom stereocenters. The topological polar surface area (TPSA) is 73.1 Å². The number of carbonyl (C=O) groups is 1. The summed E-state index contributed by atoms with van der Waals surface area (Å²) in [4.78, 5) is 10.4. The fourth-order valence-electron chi connectivity index (χ4n) is 0.800. The van der Waals surface area contributed by atoms with E-state index in [4.69, 9.17) is 5.26 Å². The van der Waals surface area contributed by atoms with Gasteiger partial charge in [-0.2, -0.15) is 5.26 Å². The molecule has 4 heteroatoms. The van der Waals surface area contributed by atoms with Gasteiger partial charge in [-0.1, -0.05) is 13.3 Å². The van der Waals surface area contributed by atoms with Gasteiger partial charge in [0, 0.05) is 0 Å². The molecule has 66 valence electrons. The van der Waals surface area contributed by atoms with Crippen LogP contribution in [-0.4, -0.2) is 13.1 Å². The van der Waals surface area contributed by atoms with E-state index in [2.05, 4.69) is 4.74 Å². The van der Waals surface area contributed by atoms with Gasteiger partial charge in [0.25, 0.3) is 0 Å². The van der Waals surface area contributed by atoms with Crippen molar-refractivity contribution in [2.24, 2.45) is 0 Å². The highest BCUT2D eigenvalue weighted by Crippen LogP contribution is 2.10. The lowest BCUT2D eigenvalue weighted by Crippen LogP contribution is -2.26. The molecular weight excluding hydrogens is 158 g/mol. The fraction of sp³-hybridized carbons (Fsp3) is 0.500. The highest BCUT2D eigenvalue weighted by molar-refractivity contribution is 5.84. The monoisotopic (exact) mass is 168 g/mol. The normalized spacial score (nSPS) is 11.4. The Kier molecular flexibility index (Phi) is 4.54. The van der Waals surface area contributed by atoms with E-state index >= 15 is 0 Å². The molecule has 0 aliphatic heterocycles. The Labute approximate surface area is 71.1 Å². The third-order valence-corrected chi connectivity index (χ3v) is 1.30. The Bertz CT molecular complexity index is 237. The maximum atomic E-state index is 10.4. The highest BCUT2D eigenvalue weighted by atomic mass is 16.5. The average Bonchev–Trinajstić information content (AvgIpc) is 2.03. The number of aliphatic carboxylic acids is 1. The summed E-state index contributed by atoms with van der Waals surface area (Å²) in [7, 11) is 1.21. The van der Waals surface area contributed by atoms with Gasteiger partial charge in [-0.15, -0.1) is 0 Å². The molecule has 0 aromatic heterocycles. The number of nitrogens with zero attached hydrogens (tertiary/aromatic N) is 1. The molecule has 0 spiro atoms. The second-order valence-corrected chi connectivity index (χ2v) is 2.16. The number of carboxylic acids is 1. The SMILES string of the molecule is CCC/C(C#N)=C(/OC)C(=O)[O-]. The highest BCUT2D eigenvalue weighted by Gasteiger charge is 2.06. The molecule has 0 saturated carbocycles. The lowest BCUT2D eigenvalue weighted by atomic mass is 10.1. The summed E-state index contributed by atoms with van der Waals surface area (Å²) in [6, 6.07) is 1.77. The first kappa shape index (κ1) is 10.5. The van der Waals surface area contributed by atoms with Crippen LogP contribution < -0.4 is 5.11 Å². The molecule has 0 aliphatic carbocycles. The van der Waals surface area contributed by atoms with E-state index in [1.165, 1.54) is 7.11 Å². The molecule has 0 aromatic rings. The predicted octanol–water partition coefficient (Wildman–Crippen LogP) is -0.0395. The summed E-state index contributed by atoms with van der Waals surface area (Å²) in [5.74, 6) is -1.80. The van der Waals surface area contributed by atoms with E-state index < -0.39 is 5.97 Å². The molecule has 0 amide bonds. The second kappa shape index (κ2) is 5.19. The Balaban J connectivity index is 4.77. The maximum Gasteiger partial charge on any atom is 0.155 e. The van der Waals surface area contributed by atoms with E-state index in [1.54, 1.807) is 6.07 Å². The third-order valence-electron chi connectivity index (χ3n) is 1.30. The summed E-state index contributed by atoms with van der Waals surface area (Å²) in [6.45, 7) is 1.85. The summed E-state index contributed by atoms with van der Waals surface area (Å²) >= 11 is 0. The van der Waals surface area contributed by atoms with Gasteiger partial charge in [0.1, 0.15) is 5.97 Å². The molecule has 0 saturated heterocycles. The van der Waals surface area contributed by atoms with Crippen molar-refractivity contribution in [2.45, 2.75) is 19.8 Å². The van der Waals surface area contributed by atoms with Crippen molar-refractivity contribution in [3.8, 4) is 6.07 Å². The van der Waals surface area contributed by atoms with Gasteiger partial charge >= 0.3 is 0 Å². The molecule has 4 nitrogen and oxygen atoms in total. The fourth-order valence-corrected chi connectivity index (χ4v) is 0.800. The van der Waals surface area contributed by atoms with Crippen LogP contribution in [0.4, 0.5) is 0 Å². The number of ether oxygens (including phenoxy) is 1. The number of rotatable bonds is 4. The van der Waals surface area contributed by atoms with Crippen LogP contribution in [0.2, 0.25) is 0 Å². The smallest absolute Gasteiger partial charge is 0.155 e. The van der Waals surface area contributed by atoms with Crippen LogP contribution in [-0.2, 0) is 9.53 Å². The van der Waals surface area contributed by atoms with Crippen molar-refractivity contribution in [1.82, 2.24) is 0 Å². The van der Waals surface area contributed by atoms with Crippen molar-refractivity contribution in [2.75, 3.05) is 7.11 Å². The summed E-state index contributed by atoms with van der Waals surface area (Å²) in [5.41, 5.74) is 0.125. The first-order valence-electron chi connectivity index (χ1n) is 3.55. The number of allylic oxidation sites excluding steroid dienone is 1. The van der Waals surface area contributed by atoms with Crippen LogP contribution in [0.15, 0.2) is 11.3 Å². The number of hydrogen-bond donors (Lipinski definition) is 0. The van der Waals surface area contributed by atoms with Crippen molar-refractivity contribution in [3.05, 3.63) is 11.3 Å². The Morgan fingerprint density at radius 3 is 2.50 bits per heavy atom. The molecule has 0 rings (SSSR count). The van der Waals surface area contributed by atoms with Crippen molar-refractivity contribution in [1.29, 1.82) is 5.26 Å². The van der Waals surface area contributed by atoms with Gasteiger partial charge in [-0.05, 0) is 6.42 Å². The summed E-state index contributed by atoms with van der Waals surface area (Å²) < 4.78 is 4.51. The quantitative estimate of drug-likeness (QED) is 0.335. The van der Waals surface area contributed by atoms with Gasteiger partial charge in [-0.25, -0.2) is 0 Å². The minimum atomic E-state index is -1.44. The molecule has 0 radical (unpaired) electrons. The molecule has 0 fully saturated rings. The van der Waals surface area contributed by atoms with Crippen LogP contribution in [0.3, 0.4) is 0 Å². The molecule has 12 heavy (non-hydrogen) atoms. The van der Waals surface area contributed by atoms with Crippen LogP contribution in [0, 0.1) is 11.3 Å². The lowest BCUT2D eigenvalue weighted by molar-refractivity contribution is -0.303. The van der Waals surface area contributed by atoms with Crippen molar-refractivity contribution >= 4 is 5.97 Å². The first-order valence-corrected chi connectivity index (χ1v) is 3.55. The lowest BCUT2D eigenvalue weighted by Gasteiger charge is -2.08. The molecule has 0 aliphatic rings. The average molecular weight is 168 g/mol. The Morgan fingerprint density at radius 1 is 1.67 bits per heavy atom. The van der Waals surface area contributed by atoms with Crippen molar-refractivity contribution < 1.29 is 14.6 Å². The second-order valence-electron chi connectivity index (χ2n) is 2.16. The molecule has 0 N–H and O–H groups in total. The molecule has 0 unspecified atom stereocenters. The molecule has 0 heterocycles. The van der Waals surface area contributed by atoms with E-state index in [0.29, 0.717) is 12.8 Å². The van der Waals surface area contributed by atoms with Crippen LogP contribution in [0.5, 0.6) is 0 Å². The zero-order valence-corrected chi connectivity index (χ0v) is 7.09. The Hall–Kier alpha value is -1.50. The van der Waals surface area contributed by atoms with Crippen LogP contribution in [0.1, 0.15) is 19.8 Å². The zero-order valence-electron chi connectivity index (χ0n) is 7.09. The van der Waals surface area contributed by atoms with Gasteiger partial charge < -0.3 is 14.6 Å². The molecule has 0 aromatic carbocycles. The number of carbonyl (C=O) groups excluding carboxylic acids is 1. The van der Waals surface area contributed by atoms with Gasteiger partial charge in [0.15, 0.2) is 5.76 Å². The van der Waals surface area contributed by atoms with E-state index in [1.807, 2.05) is 6.92 Å². The maximum absolute atomic E-state index is 10.4. The molecular formula is C8H10NO3-. The van der Waals surface area contributed by atoms with E-state index in [9.17, 15) is 9.90 Å². The number of nitriles is 1. The largest absolute Gasteiger partial charge is 0.542 e. The van der Waals surface area contributed by atoms with Crippen LogP contribution >= 0.6 is 0 Å². The van der Waals surface area contributed by atoms with E-state index in [0.717, 1.165) is 0 Å². The predicted molar refractivity (Wildman–Crippen MR) is 39.6 cm³/mol. The van der Waals surface area contributed by atoms with E-state index in [-0.39, 0.29) is 11.3 Å². The minimum Gasteiger partial charge on any atom is -0.542 e. The first-order chi connectivity index (χ1) is 5.67. The Morgan fingerprint density at radius 2 is 2.25 bits per heavy atom. The van der Waals surface area contributed by atoms with Crippen LogP contribution in [0.25, 0.3) is 0 Å². The summed E-state index contributed by atoms with van der Waals surface area (Å²) in [6.07, 6.45) is 1.09. The van der Waals surface area contributed by atoms with Gasteiger partial charge in [0.2, 0.25) is 0 Å². The standard InChI is InChI=1S/C8H11NO3/c1-3-4-6(5-9)7(12-2)8(10)11/h3-4H2,1-2H3,(H,10,11)/p-1/b7-6-. The molecule has 0 bridgehead atoms. The number of carboxylic acid groups (broad SMARTS) is 1. The third kappa shape index (κ3) is 2.62. The van der Waals surface area contributed by atoms with Crippen molar-refractivity contribution in [3.63, 3.8) is 0 Å². The minimum absolute atomic E-state index is 0.125.